The maximum atomic E-state index is 13.5. The number of benzene rings is 2. The molecule has 7 nitrogen and oxygen atoms in total. The van der Waals surface area contributed by atoms with Crippen molar-refractivity contribution in [2.24, 2.45) is 0 Å². The predicted molar refractivity (Wildman–Crippen MR) is 99.1 cm³/mol. The van der Waals surface area contributed by atoms with E-state index in [2.05, 4.69) is 0 Å². The van der Waals surface area contributed by atoms with E-state index in [1.807, 2.05) is 0 Å². The molecule has 0 saturated heterocycles. The minimum Gasteiger partial charge on any atom is -0.496 e. The van der Waals surface area contributed by atoms with Crippen molar-refractivity contribution in [1.82, 2.24) is 0 Å². The molecule has 140 valence electrons. The van der Waals surface area contributed by atoms with Crippen LogP contribution >= 0.6 is 7.80 Å². The Labute approximate surface area is 153 Å². The summed E-state index contributed by atoms with van der Waals surface area (Å²) < 4.78 is 45.6. The van der Waals surface area contributed by atoms with Crippen molar-refractivity contribution in [1.29, 1.82) is 0 Å². The van der Waals surface area contributed by atoms with Crippen molar-refractivity contribution in [2.75, 3.05) is 42.7 Å². The number of hydrogen-bond acceptors (Lipinski definition) is 7. The highest BCUT2D eigenvalue weighted by atomic mass is 31.1. The molecule has 0 saturated carbocycles. The standard InChI is InChI=1S/C18H22O7P/c1-20-11-7-13(22-3)17(14(8-11)23-4)26(19)18-15(24-5)9-12(21-2)10-16(18)25-6/h7-10H,1-6H3/q+1. The Hall–Kier alpha value is -2.66. The third-order valence-electron chi connectivity index (χ3n) is 3.78. The normalized spacial score (nSPS) is 10.1. The van der Waals surface area contributed by atoms with Gasteiger partial charge in [0.1, 0.15) is 11.5 Å². The van der Waals surface area contributed by atoms with Crippen LogP contribution in [0.25, 0.3) is 0 Å². The molecular weight excluding hydrogens is 359 g/mol. The predicted octanol–water partition coefficient (Wildman–Crippen LogP) is 2.52. The molecule has 0 aliphatic carbocycles. The van der Waals surface area contributed by atoms with E-state index in [-0.39, 0.29) is 0 Å². The van der Waals surface area contributed by atoms with E-state index < -0.39 is 7.80 Å². The Morgan fingerprint density at radius 2 is 0.808 bits per heavy atom. The van der Waals surface area contributed by atoms with Crippen molar-refractivity contribution in [3.05, 3.63) is 24.3 Å². The third-order valence-corrected chi connectivity index (χ3v) is 5.48. The molecule has 26 heavy (non-hydrogen) atoms. The van der Waals surface area contributed by atoms with Gasteiger partial charge < -0.3 is 28.4 Å². The fourth-order valence-corrected chi connectivity index (χ4v) is 4.13. The zero-order valence-corrected chi connectivity index (χ0v) is 16.5. The molecular formula is C18H22O7P+. The molecule has 0 aliphatic rings. The molecule has 2 aromatic rings. The highest BCUT2D eigenvalue weighted by molar-refractivity contribution is 7.62. The van der Waals surface area contributed by atoms with Gasteiger partial charge in [-0.25, -0.2) is 0 Å². The lowest BCUT2D eigenvalue weighted by atomic mass is 10.3. The first-order valence-electron chi connectivity index (χ1n) is 7.61. The number of methoxy groups -OCH3 is 6. The van der Waals surface area contributed by atoms with E-state index in [9.17, 15) is 4.57 Å². The molecule has 0 radical (unpaired) electrons. The van der Waals surface area contributed by atoms with Crippen molar-refractivity contribution in [3.63, 3.8) is 0 Å². The van der Waals surface area contributed by atoms with Crippen molar-refractivity contribution in [2.45, 2.75) is 0 Å². The minimum atomic E-state index is -2.17. The summed E-state index contributed by atoms with van der Waals surface area (Å²) in [6.45, 7) is 0. The fourth-order valence-electron chi connectivity index (χ4n) is 2.49. The molecule has 0 N–H and O–H groups in total. The van der Waals surface area contributed by atoms with E-state index in [0.29, 0.717) is 45.1 Å². The smallest absolute Gasteiger partial charge is 0.431 e. The topological polar surface area (TPSA) is 72.5 Å². The Balaban J connectivity index is 2.73. The molecule has 0 aromatic heterocycles. The fraction of sp³-hybridized carbons (Fsp3) is 0.333. The molecule has 8 heteroatoms. The first-order chi connectivity index (χ1) is 12.5. The second-order valence-electron chi connectivity index (χ2n) is 5.06. The lowest BCUT2D eigenvalue weighted by Crippen LogP contribution is -2.16. The maximum absolute atomic E-state index is 13.5. The lowest BCUT2D eigenvalue weighted by Gasteiger charge is -2.11. The molecule has 0 aliphatic heterocycles. The molecule has 0 bridgehead atoms. The van der Waals surface area contributed by atoms with Gasteiger partial charge in [-0.05, 0) is 0 Å². The van der Waals surface area contributed by atoms with Gasteiger partial charge >= 0.3 is 7.80 Å². The van der Waals surface area contributed by atoms with E-state index >= 15 is 0 Å². The summed E-state index contributed by atoms with van der Waals surface area (Å²) in [7, 11) is 6.85. The summed E-state index contributed by atoms with van der Waals surface area (Å²) in [5.74, 6) is 2.56. The third kappa shape index (κ3) is 3.63. The van der Waals surface area contributed by atoms with Gasteiger partial charge in [0, 0.05) is 24.3 Å². The molecule has 2 aromatic carbocycles. The largest absolute Gasteiger partial charge is 0.496 e. The van der Waals surface area contributed by atoms with Crippen molar-refractivity contribution < 1.29 is 33.0 Å². The summed E-state index contributed by atoms with van der Waals surface area (Å²) >= 11 is 0. The molecule has 0 atom stereocenters. The van der Waals surface area contributed by atoms with Crippen LogP contribution in [-0.2, 0) is 4.57 Å². The lowest BCUT2D eigenvalue weighted by molar-refractivity contribution is 0.378. The second kappa shape index (κ2) is 8.63. The van der Waals surface area contributed by atoms with E-state index in [4.69, 9.17) is 28.4 Å². The van der Waals surface area contributed by atoms with Gasteiger partial charge in [0.05, 0.1) is 42.7 Å². The van der Waals surface area contributed by atoms with Gasteiger partial charge in [-0.1, -0.05) is 4.57 Å². The Morgan fingerprint density at radius 3 is 1.00 bits per heavy atom. The highest BCUT2D eigenvalue weighted by Gasteiger charge is 2.40. The number of rotatable bonds is 8. The zero-order valence-electron chi connectivity index (χ0n) is 15.6. The quantitative estimate of drug-likeness (QED) is 0.651. The molecule has 0 heterocycles. The van der Waals surface area contributed by atoms with Gasteiger partial charge in [0.15, 0.2) is 23.0 Å². The van der Waals surface area contributed by atoms with Crippen LogP contribution in [-0.4, -0.2) is 42.7 Å². The van der Waals surface area contributed by atoms with E-state index in [1.165, 1.54) is 42.7 Å². The zero-order chi connectivity index (χ0) is 19.3. The first-order valence-corrected chi connectivity index (χ1v) is 8.87. The average molecular weight is 381 g/mol. The van der Waals surface area contributed by atoms with E-state index in [0.717, 1.165) is 0 Å². The Morgan fingerprint density at radius 1 is 0.538 bits per heavy atom. The van der Waals surface area contributed by atoms with Gasteiger partial charge in [0.2, 0.25) is 0 Å². The monoisotopic (exact) mass is 381 g/mol. The van der Waals surface area contributed by atoms with Gasteiger partial charge in [-0.3, -0.25) is 0 Å². The SMILES string of the molecule is COc1cc(OC)c([P+](=O)c2c(OC)cc(OC)cc2OC)c(OC)c1. The van der Waals surface area contributed by atoms with E-state index in [1.54, 1.807) is 24.3 Å². The van der Waals surface area contributed by atoms with Crippen LogP contribution in [0.2, 0.25) is 0 Å². The van der Waals surface area contributed by atoms with Crippen molar-refractivity contribution >= 4 is 18.4 Å². The summed E-state index contributed by atoms with van der Waals surface area (Å²) in [4.78, 5) is 0. The highest BCUT2D eigenvalue weighted by Crippen LogP contribution is 2.41. The average Bonchev–Trinajstić information content (AvgIpc) is 2.70. The van der Waals surface area contributed by atoms with Crippen LogP contribution in [0.1, 0.15) is 0 Å². The van der Waals surface area contributed by atoms with Crippen LogP contribution < -0.4 is 39.0 Å². The first kappa shape index (κ1) is 19.7. The van der Waals surface area contributed by atoms with Crippen LogP contribution in [0.4, 0.5) is 0 Å². The van der Waals surface area contributed by atoms with Gasteiger partial charge in [-0.2, -0.15) is 0 Å². The maximum Gasteiger partial charge on any atom is 0.431 e. The molecule has 0 amide bonds. The van der Waals surface area contributed by atoms with Gasteiger partial charge in [-0.15, -0.1) is 0 Å². The van der Waals surface area contributed by atoms with Crippen molar-refractivity contribution in [3.8, 4) is 34.5 Å². The molecule has 0 unspecified atom stereocenters. The van der Waals surface area contributed by atoms with Crippen LogP contribution in [0.3, 0.4) is 0 Å². The van der Waals surface area contributed by atoms with Crippen LogP contribution in [0.15, 0.2) is 24.3 Å². The van der Waals surface area contributed by atoms with Crippen LogP contribution in [0, 0.1) is 0 Å². The van der Waals surface area contributed by atoms with Gasteiger partial charge in [0.25, 0.3) is 10.6 Å². The Bertz CT molecular complexity index is 689. The molecule has 0 spiro atoms. The Kier molecular flexibility index (Phi) is 6.52. The number of ether oxygens (including phenoxy) is 6. The summed E-state index contributed by atoms with van der Waals surface area (Å²) in [5, 5.41) is 0.764. The summed E-state index contributed by atoms with van der Waals surface area (Å²) in [6, 6.07) is 6.59. The second-order valence-corrected chi connectivity index (χ2v) is 6.54. The summed E-state index contributed by atoms with van der Waals surface area (Å²) in [5.41, 5.74) is 0. The summed E-state index contributed by atoms with van der Waals surface area (Å²) in [6.07, 6.45) is 0. The minimum absolute atomic E-state index is 0.377. The molecule has 0 fully saturated rings. The van der Waals surface area contributed by atoms with Crippen LogP contribution in [0.5, 0.6) is 34.5 Å². The molecule has 2 rings (SSSR count). The number of hydrogen-bond donors (Lipinski definition) is 0.